The summed E-state index contributed by atoms with van der Waals surface area (Å²) in [6, 6.07) is 8.69. The third kappa shape index (κ3) is 7.83. The minimum atomic E-state index is -0.842. The summed E-state index contributed by atoms with van der Waals surface area (Å²) >= 11 is 1.58. The number of benzene rings is 1. The standard InChI is InChI=1S/C25H34N4O5S/c1-33-25(32)22(12-14-35-2)29(23(30)11-10-19-7-4-3-5-8-19)34-17-21-9-6-13-28(21)24(31)15-20-16-26-18-27-20/h3-5,7-8,16,18,21-22H,6,9-15,17H2,1-2H3,(H,26,27)/t21?,22-/m0/s1. The molecule has 1 aromatic carbocycles. The van der Waals surface area contributed by atoms with Gasteiger partial charge in [-0.3, -0.25) is 14.4 Å². The second-order valence-electron chi connectivity index (χ2n) is 8.44. The van der Waals surface area contributed by atoms with E-state index >= 15 is 0 Å². The molecule has 1 unspecified atom stereocenters. The zero-order valence-corrected chi connectivity index (χ0v) is 21.2. The molecule has 9 nitrogen and oxygen atoms in total. The summed E-state index contributed by atoms with van der Waals surface area (Å²) in [5.74, 6) is -0.150. The lowest BCUT2D eigenvalue weighted by Crippen LogP contribution is -2.48. The van der Waals surface area contributed by atoms with Crippen LogP contribution in [0.25, 0.3) is 0 Å². The van der Waals surface area contributed by atoms with Crippen LogP contribution in [-0.4, -0.2) is 82.1 Å². The summed E-state index contributed by atoms with van der Waals surface area (Å²) < 4.78 is 5.00. The van der Waals surface area contributed by atoms with Crippen LogP contribution in [-0.2, 0) is 36.8 Å². The number of aromatic nitrogens is 2. The van der Waals surface area contributed by atoms with Gasteiger partial charge in [0, 0.05) is 19.2 Å². The maximum absolute atomic E-state index is 13.3. The molecular formula is C25H34N4O5S. The van der Waals surface area contributed by atoms with Gasteiger partial charge in [0.15, 0.2) is 6.04 Å². The molecule has 1 aromatic heterocycles. The van der Waals surface area contributed by atoms with Gasteiger partial charge in [0.05, 0.1) is 38.2 Å². The third-order valence-corrected chi connectivity index (χ3v) is 6.70. The van der Waals surface area contributed by atoms with Crippen molar-refractivity contribution in [3.8, 4) is 0 Å². The van der Waals surface area contributed by atoms with Crippen LogP contribution in [0.2, 0.25) is 0 Å². The minimum Gasteiger partial charge on any atom is -0.467 e. The Bertz CT molecular complexity index is 941. The second kappa shape index (κ2) is 13.9. The highest BCUT2D eigenvalue weighted by Gasteiger charge is 2.35. The van der Waals surface area contributed by atoms with Gasteiger partial charge in [-0.2, -0.15) is 11.8 Å². The van der Waals surface area contributed by atoms with Gasteiger partial charge in [-0.1, -0.05) is 30.3 Å². The Morgan fingerprint density at radius 1 is 1.29 bits per heavy atom. The Balaban J connectivity index is 1.68. The van der Waals surface area contributed by atoms with Crippen LogP contribution in [0, 0.1) is 0 Å². The molecule has 1 aliphatic heterocycles. The van der Waals surface area contributed by atoms with Gasteiger partial charge in [0.1, 0.15) is 0 Å². The minimum absolute atomic E-state index is 0.0305. The van der Waals surface area contributed by atoms with Gasteiger partial charge >= 0.3 is 5.97 Å². The number of likely N-dealkylation sites (tertiary alicyclic amines) is 1. The van der Waals surface area contributed by atoms with Crippen LogP contribution in [0.3, 0.4) is 0 Å². The number of hydroxylamine groups is 2. The van der Waals surface area contributed by atoms with Crippen molar-refractivity contribution in [2.75, 3.05) is 32.3 Å². The fraction of sp³-hybridized carbons (Fsp3) is 0.520. The molecule has 2 aromatic rings. The molecule has 10 heteroatoms. The van der Waals surface area contributed by atoms with Crippen LogP contribution < -0.4 is 0 Å². The summed E-state index contributed by atoms with van der Waals surface area (Å²) in [4.78, 5) is 53.5. The molecule has 2 atom stereocenters. The number of nitrogens with zero attached hydrogens (tertiary/aromatic N) is 3. The third-order valence-electron chi connectivity index (χ3n) is 6.06. The van der Waals surface area contributed by atoms with Gasteiger partial charge in [0.2, 0.25) is 11.8 Å². The molecule has 2 heterocycles. The summed E-state index contributed by atoms with van der Waals surface area (Å²) in [6.45, 7) is 0.766. The van der Waals surface area contributed by atoms with Gasteiger partial charge in [-0.25, -0.2) is 14.8 Å². The first-order valence-corrected chi connectivity index (χ1v) is 13.3. The van der Waals surface area contributed by atoms with Crippen molar-refractivity contribution < 1.29 is 24.0 Å². The Hall–Kier alpha value is -2.85. The predicted molar refractivity (Wildman–Crippen MR) is 133 cm³/mol. The molecule has 1 N–H and O–H groups in total. The average Bonchev–Trinajstić information content (AvgIpc) is 3.57. The topological polar surface area (TPSA) is 105 Å². The number of hydrogen-bond acceptors (Lipinski definition) is 7. The van der Waals surface area contributed by atoms with Gasteiger partial charge in [-0.05, 0) is 43.3 Å². The largest absolute Gasteiger partial charge is 0.467 e. The van der Waals surface area contributed by atoms with E-state index < -0.39 is 12.0 Å². The fourth-order valence-electron chi connectivity index (χ4n) is 4.19. The number of aryl methyl sites for hydroxylation is 1. The lowest BCUT2D eigenvalue weighted by atomic mass is 10.1. The number of H-pyrrole nitrogens is 1. The molecule has 190 valence electrons. The number of carbonyl (C=O) groups excluding carboxylic acids is 3. The maximum atomic E-state index is 13.3. The van der Waals surface area contributed by atoms with Crippen LogP contribution in [0.4, 0.5) is 0 Å². The molecule has 0 bridgehead atoms. The van der Waals surface area contributed by atoms with E-state index in [4.69, 9.17) is 9.57 Å². The number of aromatic amines is 1. The number of carbonyl (C=O) groups is 3. The summed E-state index contributed by atoms with van der Waals surface area (Å²) in [5.41, 5.74) is 1.72. The number of nitrogens with one attached hydrogen (secondary N) is 1. The van der Waals surface area contributed by atoms with Crippen molar-refractivity contribution in [3.63, 3.8) is 0 Å². The number of amides is 2. The van der Waals surface area contributed by atoms with Crippen molar-refractivity contribution in [1.29, 1.82) is 0 Å². The number of imidazole rings is 1. The quantitative estimate of drug-likeness (QED) is 0.332. The second-order valence-corrected chi connectivity index (χ2v) is 9.43. The Labute approximate surface area is 210 Å². The van der Waals surface area contributed by atoms with Crippen LogP contribution in [0.15, 0.2) is 42.9 Å². The number of ether oxygens (including phenoxy) is 1. The number of hydrogen-bond donors (Lipinski definition) is 1. The summed E-state index contributed by atoms with van der Waals surface area (Å²) in [5, 5.41) is 1.19. The van der Waals surface area contributed by atoms with Crippen LogP contribution >= 0.6 is 11.8 Å². The van der Waals surface area contributed by atoms with Crippen LogP contribution in [0.1, 0.15) is 36.9 Å². The normalized spacial score (nSPS) is 16.2. The zero-order valence-electron chi connectivity index (χ0n) is 20.4. The van der Waals surface area contributed by atoms with Crippen LogP contribution in [0.5, 0.6) is 0 Å². The average molecular weight is 503 g/mol. The summed E-state index contributed by atoms with van der Waals surface area (Å²) in [6.07, 6.45) is 8.18. The van der Waals surface area contributed by atoms with Gasteiger partial charge < -0.3 is 14.6 Å². The first kappa shape index (κ1) is 26.7. The van der Waals surface area contributed by atoms with Crippen molar-refractivity contribution in [2.24, 2.45) is 0 Å². The predicted octanol–water partition coefficient (Wildman–Crippen LogP) is 2.63. The van der Waals surface area contributed by atoms with E-state index in [9.17, 15) is 14.4 Å². The first-order chi connectivity index (χ1) is 17.0. The molecular weight excluding hydrogens is 468 g/mol. The zero-order chi connectivity index (χ0) is 25.0. The Morgan fingerprint density at radius 3 is 2.77 bits per heavy atom. The number of esters is 1. The molecule has 1 fully saturated rings. The molecule has 0 radical (unpaired) electrons. The fourth-order valence-corrected chi connectivity index (χ4v) is 4.64. The highest BCUT2D eigenvalue weighted by atomic mass is 32.2. The van der Waals surface area contributed by atoms with E-state index in [0.717, 1.165) is 18.4 Å². The number of methoxy groups -OCH3 is 1. The van der Waals surface area contributed by atoms with E-state index in [1.165, 1.54) is 12.2 Å². The van der Waals surface area contributed by atoms with E-state index in [1.807, 2.05) is 36.6 Å². The van der Waals surface area contributed by atoms with Gasteiger partial charge in [-0.15, -0.1) is 0 Å². The SMILES string of the molecule is COC(=O)[C@H](CCSC)N(OCC1CCCN1C(=O)Cc1c[nH]cn1)C(=O)CCc1ccccc1. The lowest BCUT2D eigenvalue weighted by molar-refractivity contribution is -0.212. The highest BCUT2D eigenvalue weighted by Crippen LogP contribution is 2.21. The molecule has 1 aliphatic rings. The lowest BCUT2D eigenvalue weighted by Gasteiger charge is -2.32. The monoisotopic (exact) mass is 502 g/mol. The number of rotatable bonds is 13. The van der Waals surface area contributed by atoms with Crippen molar-refractivity contribution in [3.05, 3.63) is 54.1 Å². The Kier molecular flexibility index (Phi) is 10.6. The van der Waals surface area contributed by atoms with E-state index in [0.29, 0.717) is 30.8 Å². The molecule has 0 aliphatic carbocycles. The number of thioether (sulfide) groups is 1. The highest BCUT2D eigenvalue weighted by molar-refractivity contribution is 7.98. The molecule has 35 heavy (non-hydrogen) atoms. The van der Waals surface area contributed by atoms with E-state index in [2.05, 4.69) is 9.97 Å². The van der Waals surface area contributed by atoms with Crippen molar-refractivity contribution in [2.45, 2.75) is 50.6 Å². The first-order valence-electron chi connectivity index (χ1n) is 11.9. The Morgan fingerprint density at radius 2 is 2.09 bits per heavy atom. The van der Waals surface area contributed by atoms with E-state index in [1.54, 1.807) is 29.2 Å². The van der Waals surface area contributed by atoms with Crippen molar-refractivity contribution >= 4 is 29.5 Å². The smallest absolute Gasteiger partial charge is 0.331 e. The molecule has 0 saturated carbocycles. The molecule has 3 rings (SSSR count). The maximum Gasteiger partial charge on any atom is 0.331 e. The van der Waals surface area contributed by atoms with Crippen molar-refractivity contribution in [1.82, 2.24) is 19.9 Å². The molecule has 0 spiro atoms. The summed E-state index contributed by atoms with van der Waals surface area (Å²) in [7, 11) is 1.31. The molecule has 1 saturated heterocycles. The molecule has 2 amide bonds. The van der Waals surface area contributed by atoms with E-state index in [-0.39, 0.29) is 37.3 Å². The van der Waals surface area contributed by atoms with Gasteiger partial charge in [0.25, 0.3) is 0 Å².